The molecule has 1 aliphatic carbocycles. The molecule has 0 bridgehead atoms. The zero-order valence-electron chi connectivity index (χ0n) is 10.5. The molecule has 1 aliphatic rings. The van der Waals surface area contributed by atoms with Crippen molar-refractivity contribution in [2.75, 3.05) is 0 Å². The average molecular weight is 222 g/mol. The van der Waals surface area contributed by atoms with E-state index >= 15 is 0 Å². The Morgan fingerprint density at radius 1 is 0.824 bits per heavy atom. The van der Waals surface area contributed by atoms with Gasteiger partial charge in [0.15, 0.2) is 0 Å². The standard InChI is InChI=1S/C17H18/c1-12-6-5-9-15(13(12)2)17-8-4-3-7-16(17)14-10-11-14/h3-9,14H,10-11H2,1-2H3. The van der Waals surface area contributed by atoms with Crippen LogP contribution in [-0.4, -0.2) is 0 Å². The fourth-order valence-corrected chi connectivity index (χ4v) is 2.54. The van der Waals surface area contributed by atoms with Crippen molar-refractivity contribution in [1.29, 1.82) is 0 Å². The topological polar surface area (TPSA) is 0 Å². The minimum absolute atomic E-state index is 0.811. The van der Waals surface area contributed by atoms with Crippen molar-refractivity contribution in [3.8, 4) is 11.1 Å². The first-order valence-electron chi connectivity index (χ1n) is 6.43. The van der Waals surface area contributed by atoms with Gasteiger partial charge in [0.1, 0.15) is 0 Å². The summed E-state index contributed by atoms with van der Waals surface area (Å²) < 4.78 is 0. The second-order valence-corrected chi connectivity index (χ2v) is 5.11. The molecule has 0 saturated heterocycles. The van der Waals surface area contributed by atoms with E-state index in [1.165, 1.54) is 35.1 Å². The Hall–Kier alpha value is -1.56. The van der Waals surface area contributed by atoms with Crippen LogP contribution in [0, 0.1) is 13.8 Å². The van der Waals surface area contributed by atoms with Crippen LogP contribution in [0.3, 0.4) is 0 Å². The van der Waals surface area contributed by atoms with E-state index in [1.54, 1.807) is 5.56 Å². The second-order valence-electron chi connectivity index (χ2n) is 5.11. The van der Waals surface area contributed by atoms with Crippen LogP contribution in [-0.2, 0) is 0 Å². The van der Waals surface area contributed by atoms with Crippen LogP contribution in [0.4, 0.5) is 0 Å². The molecule has 0 nitrogen and oxygen atoms in total. The van der Waals surface area contributed by atoms with Crippen LogP contribution < -0.4 is 0 Å². The molecule has 0 spiro atoms. The van der Waals surface area contributed by atoms with E-state index in [2.05, 4.69) is 56.3 Å². The molecule has 86 valence electrons. The van der Waals surface area contributed by atoms with Gasteiger partial charge in [-0.05, 0) is 60.4 Å². The fourth-order valence-electron chi connectivity index (χ4n) is 2.54. The van der Waals surface area contributed by atoms with Gasteiger partial charge in [-0.2, -0.15) is 0 Å². The third kappa shape index (κ3) is 1.88. The predicted molar refractivity (Wildman–Crippen MR) is 73.3 cm³/mol. The lowest BCUT2D eigenvalue weighted by atomic mass is 9.92. The number of hydrogen-bond donors (Lipinski definition) is 0. The zero-order valence-corrected chi connectivity index (χ0v) is 10.5. The summed E-state index contributed by atoms with van der Waals surface area (Å²) in [5.41, 5.74) is 7.19. The Labute approximate surface area is 103 Å². The summed E-state index contributed by atoms with van der Waals surface area (Å²) in [5.74, 6) is 0.811. The smallest absolute Gasteiger partial charge is 0.0146 e. The van der Waals surface area contributed by atoms with Crippen LogP contribution in [0.25, 0.3) is 11.1 Å². The maximum atomic E-state index is 2.30. The molecular weight excluding hydrogens is 204 g/mol. The van der Waals surface area contributed by atoms with Gasteiger partial charge < -0.3 is 0 Å². The molecule has 0 heteroatoms. The lowest BCUT2D eigenvalue weighted by molar-refractivity contribution is 1.13. The van der Waals surface area contributed by atoms with Crippen molar-refractivity contribution >= 4 is 0 Å². The second kappa shape index (κ2) is 4.03. The Morgan fingerprint density at radius 2 is 1.53 bits per heavy atom. The Balaban J connectivity index is 2.18. The van der Waals surface area contributed by atoms with E-state index < -0.39 is 0 Å². The first-order valence-corrected chi connectivity index (χ1v) is 6.43. The molecule has 0 radical (unpaired) electrons. The first-order chi connectivity index (χ1) is 8.27. The van der Waals surface area contributed by atoms with Crippen LogP contribution in [0.2, 0.25) is 0 Å². The quantitative estimate of drug-likeness (QED) is 0.681. The molecule has 0 unspecified atom stereocenters. The minimum Gasteiger partial charge on any atom is -0.0619 e. The van der Waals surface area contributed by atoms with E-state index in [4.69, 9.17) is 0 Å². The largest absolute Gasteiger partial charge is 0.0619 e. The maximum Gasteiger partial charge on any atom is -0.0146 e. The SMILES string of the molecule is Cc1cccc(-c2ccccc2C2CC2)c1C. The third-order valence-corrected chi connectivity index (χ3v) is 3.87. The predicted octanol–water partition coefficient (Wildman–Crippen LogP) is 4.85. The van der Waals surface area contributed by atoms with E-state index in [0.717, 1.165) is 5.92 Å². The average Bonchev–Trinajstić information content (AvgIpc) is 3.17. The zero-order chi connectivity index (χ0) is 11.8. The van der Waals surface area contributed by atoms with Crippen LogP contribution in [0.5, 0.6) is 0 Å². The highest BCUT2D eigenvalue weighted by Crippen LogP contribution is 2.44. The van der Waals surface area contributed by atoms with Gasteiger partial charge in [0, 0.05) is 0 Å². The summed E-state index contributed by atoms with van der Waals surface area (Å²) in [6, 6.07) is 15.5. The molecule has 0 N–H and O–H groups in total. The number of benzene rings is 2. The number of rotatable bonds is 2. The monoisotopic (exact) mass is 222 g/mol. The highest BCUT2D eigenvalue weighted by atomic mass is 14.3. The summed E-state index contributed by atoms with van der Waals surface area (Å²) in [6.45, 7) is 4.42. The third-order valence-electron chi connectivity index (χ3n) is 3.87. The normalized spacial score (nSPS) is 14.9. The lowest BCUT2D eigenvalue weighted by Crippen LogP contribution is -1.91. The molecule has 1 fully saturated rings. The van der Waals surface area contributed by atoms with E-state index in [-0.39, 0.29) is 0 Å². The van der Waals surface area contributed by atoms with Crippen molar-refractivity contribution < 1.29 is 0 Å². The summed E-state index contributed by atoms with van der Waals surface area (Å²) in [5, 5.41) is 0. The van der Waals surface area contributed by atoms with Gasteiger partial charge in [-0.3, -0.25) is 0 Å². The Kier molecular flexibility index (Phi) is 2.51. The molecular formula is C17H18. The lowest BCUT2D eigenvalue weighted by Gasteiger charge is -2.13. The van der Waals surface area contributed by atoms with E-state index in [0.29, 0.717) is 0 Å². The van der Waals surface area contributed by atoms with Crippen molar-refractivity contribution in [1.82, 2.24) is 0 Å². The van der Waals surface area contributed by atoms with Crippen LogP contribution >= 0.6 is 0 Å². The Bertz CT molecular complexity index is 548. The summed E-state index contributed by atoms with van der Waals surface area (Å²) in [6.07, 6.45) is 2.73. The summed E-state index contributed by atoms with van der Waals surface area (Å²) in [7, 11) is 0. The van der Waals surface area contributed by atoms with Gasteiger partial charge >= 0.3 is 0 Å². The van der Waals surface area contributed by atoms with Crippen LogP contribution in [0.1, 0.15) is 35.4 Å². The fraction of sp³-hybridized carbons (Fsp3) is 0.294. The molecule has 0 atom stereocenters. The minimum atomic E-state index is 0.811. The highest BCUT2D eigenvalue weighted by Gasteiger charge is 2.26. The molecule has 0 aromatic heterocycles. The van der Waals surface area contributed by atoms with Gasteiger partial charge in [0.2, 0.25) is 0 Å². The summed E-state index contributed by atoms with van der Waals surface area (Å²) >= 11 is 0. The molecule has 0 amide bonds. The van der Waals surface area contributed by atoms with Crippen molar-refractivity contribution in [2.24, 2.45) is 0 Å². The molecule has 2 aromatic carbocycles. The van der Waals surface area contributed by atoms with Gasteiger partial charge in [-0.1, -0.05) is 42.5 Å². The molecule has 3 rings (SSSR count). The van der Waals surface area contributed by atoms with Gasteiger partial charge in [-0.15, -0.1) is 0 Å². The van der Waals surface area contributed by atoms with Gasteiger partial charge in [0.05, 0.1) is 0 Å². The molecule has 17 heavy (non-hydrogen) atoms. The number of aryl methyl sites for hydroxylation is 1. The van der Waals surface area contributed by atoms with Crippen molar-refractivity contribution in [3.63, 3.8) is 0 Å². The highest BCUT2D eigenvalue weighted by molar-refractivity contribution is 5.72. The van der Waals surface area contributed by atoms with E-state index in [9.17, 15) is 0 Å². The van der Waals surface area contributed by atoms with E-state index in [1.807, 2.05) is 0 Å². The van der Waals surface area contributed by atoms with Gasteiger partial charge in [-0.25, -0.2) is 0 Å². The Morgan fingerprint density at radius 3 is 2.29 bits per heavy atom. The molecule has 2 aromatic rings. The summed E-state index contributed by atoms with van der Waals surface area (Å²) in [4.78, 5) is 0. The van der Waals surface area contributed by atoms with Crippen molar-refractivity contribution in [2.45, 2.75) is 32.6 Å². The maximum absolute atomic E-state index is 2.30. The van der Waals surface area contributed by atoms with Crippen LogP contribution in [0.15, 0.2) is 42.5 Å². The molecule has 0 aliphatic heterocycles. The molecule has 0 heterocycles. The molecule has 1 saturated carbocycles. The van der Waals surface area contributed by atoms with Gasteiger partial charge in [0.25, 0.3) is 0 Å². The first kappa shape index (κ1) is 10.6. The van der Waals surface area contributed by atoms with Crippen molar-refractivity contribution in [3.05, 3.63) is 59.2 Å². The number of hydrogen-bond acceptors (Lipinski definition) is 0.